The van der Waals surface area contributed by atoms with E-state index in [-0.39, 0.29) is 6.04 Å². The molecule has 18 heavy (non-hydrogen) atoms. The summed E-state index contributed by atoms with van der Waals surface area (Å²) in [6.07, 6.45) is 2.53. The van der Waals surface area contributed by atoms with Gasteiger partial charge in [0.1, 0.15) is 0 Å². The highest BCUT2D eigenvalue weighted by Crippen LogP contribution is 2.24. The Balaban J connectivity index is 2.50. The molecule has 1 aromatic rings. The van der Waals surface area contributed by atoms with Crippen molar-refractivity contribution in [3.8, 4) is 0 Å². The molecule has 0 aromatic carbocycles. The van der Waals surface area contributed by atoms with E-state index in [1.807, 2.05) is 11.7 Å². The van der Waals surface area contributed by atoms with Crippen LogP contribution in [-0.4, -0.2) is 43.3 Å². The minimum Gasteiger partial charge on any atom is -0.382 e. The van der Waals surface area contributed by atoms with E-state index in [1.54, 1.807) is 13.3 Å². The third kappa shape index (κ3) is 4.57. The van der Waals surface area contributed by atoms with Crippen molar-refractivity contribution in [3.63, 3.8) is 0 Å². The average molecular weight is 276 g/mol. The standard InChI is InChI=1S/C12H22ClN3O2/c1-4-14-11(5-6-18-8-7-17-3)12-10(13)9-15-16(12)2/h9,11,14H,4-8H2,1-3H3. The second kappa shape index (κ2) is 8.48. The van der Waals surface area contributed by atoms with Crippen molar-refractivity contribution >= 4 is 11.6 Å². The van der Waals surface area contributed by atoms with E-state index in [2.05, 4.69) is 17.3 Å². The Morgan fingerprint density at radius 3 is 2.78 bits per heavy atom. The molecule has 0 radical (unpaired) electrons. The molecule has 0 amide bonds. The Labute approximate surface area is 113 Å². The van der Waals surface area contributed by atoms with Gasteiger partial charge in [0.15, 0.2) is 0 Å². The third-order valence-corrected chi connectivity index (χ3v) is 2.99. The fourth-order valence-electron chi connectivity index (χ4n) is 1.84. The molecule has 1 rings (SSSR count). The van der Waals surface area contributed by atoms with Gasteiger partial charge in [-0.2, -0.15) is 5.10 Å². The van der Waals surface area contributed by atoms with E-state index in [0.717, 1.165) is 18.7 Å². The Hall–Kier alpha value is -0.620. The molecule has 1 N–H and O–H groups in total. The Morgan fingerprint density at radius 2 is 2.22 bits per heavy atom. The monoisotopic (exact) mass is 275 g/mol. The van der Waals surface area contributed by atoms with E-state index in [9.17, 15) is 0 Å². The minimum absolute atomic E-state index is 0.164. The number of rotatable bonds is 9. The zero-order chi connectivity index (χ0) is 13.4. The van der Waals surface area contributed by atoms with Crippen LogP contribution in [0.3, 0.4) is 0 Å². The molecule has 1 heterocycles. The van der Waals surface area contributed by atoms with E-state index in [0.29, 0.717) is 24.8 Å². The van der Waals surface area contributed by atoms with Crippen LogP contribution in [0.4, 0.5) is 0 Å². The van der Waals surface area contributed by atoms with Crippen LogP contribution in [0.25, 0.3) is 0 Å². The lowest BCUT2D eigenvalue weighted by Crippen LogP contribution is -2.25. The quantitative estimate of drug-likeness (QED) is 0.698. The Bertz CT molecular complexity index is 325. The van der Waals surface area contributed by atoms with E-state index >= 15 is 0 Å². The molecule has 0 aliphatic rings. The lowest BCUT2D eigenvalue weighted by Gasteiger charge is -2.18. The van der Waals surface area contributed by atoms with Gasteiger partial charge >= 0.3 is 0 Å². The molecule has 0 aliphatic carbocycles. The van der Waals surface area contributed by atoms with E-state index in [1.165, 1.54) is 0 Å². The lowest BCUT2D eigenvalue weighted by atomic mass is 10.1. The first kappa shape index (κ1) is 15.4. The van der Waals surface area contributed by atoms with Crippen LogP contribution in [0.2, 0.25) is 5.02 Å². The molecule has 0 fully saturated rings. The first-order valence-corrected chi connectivity index (χ1v) is 6.56. The molecule has 0 saturated carbocycles. The van der Waals surface area contributed by atoms with Gasteiger partial charge in [-0.3, -0.25) is 4.68 Å². The van der Waals surface area contributed by atoms with Gasteiger partial charge < -0.3 is 14.8 Å². The topological polar surface area (TPSA) is 48.3 Å². The number of ether oxygens (including phenoxy) is 2. The first-order valence-electron chi connectivity index (χ1n) is 6.18. The van der Waals surface area contributed by atoms with Gasteiger partial charge in [-0.05, 0) is 13.0 Å². The maximum atomic E-state index is 6.15. The summed E-state index contributed by atoms with van der Waals surface area (Å²) in [4.78, 5) is 0. The highest BCUT2D eigenvalue weighted by Gasteiger charge is 2.17. The van der Waals surface area contributed by atoms with Gasteiger partial charge in [0.05, 0.1) is 36.2 Å². The average Bonchev–Trinajstić information content (AvgIpc) is 2.68. The predicted octanol–water partition coefficient (Wildman–Crippen LogP) is 1.78. The molecule has 0 aliphatic heterocycles. The summed E-state index contributed by atoms with van der Waals surface area (Å²) in [6, 6.07) is 0.164. The zero-order valence-corrected chi connectivity index (χ0v) is 12.0. The first-order chi connectivity index (χ1) is 8.70. The fraction of sp³-hybridized carbons (Fsp3) is 0.750. The molecule has 0 bridgehead atoms. The van der Waals surface area contributed by atoms with Crippen LogP contribution in [0, 0.1) is 0 Å². The van der Waals surface area contributed by atoms with Crippen LogP contribution in [0.15, 0.2) is 6.20 Å². The maximum Gasteiger partial charge on any atom is 0.0834 e. The van der Waals surface area contributed by atoms with Crippen LogP contribution in [-0.2, 0) is 16.5 Å². The van der Waals surface area contributed by atoms with Crippen molar-refractivity contribution in [2.75, 3.05) is 33.5 Å². The molecule has 1 atom stereocenters. The van der Waals surface area contributed by atoms with Gasteiger partial charge in [0, 0.05) is 20.8 Å². The molecule has 5 nitrogen and oxygen atoms in total. The number of halogens is 1. The molecule has 1 aromatic heterocycles. The number of hydrogen-bond acceptors (Lipinski definition) is 4. The van der Waals surface area contributed by atoms with Crippen LogP contribution in [0.5, 0.6) is 0 Å². The van der Waals surface area contributed by atoms with Gasteiger partial charge in [-0.15, -0.1) is 0 Å². The predicted molar refractivity (Wildman–Crippen MR) is 71.9 cm³/mol. The summed E-state index contributed by atoms with van der Waals surface area (Å²) in [5.74, 6) is 0. The summed E-state index contributed by atoms with van der Waals surface area (Å²) in [6.45, 7) is 4.86. The number of nitrogens with zero attached hydrogens (tertiary/aromatic N) is 2. The summed E-state index contributed by atoms with van der Waals surface area (Å²) < 4.78 is 12.2. The van der Waals surface area contributed by atoms with Crippen LogP contribution >= 0.6 is 11.6 Å². The lowest BCUT2D eigenvalue weighted by molar-refractivity contribution is 0.0655. The van der Waals surface area contributed by atoms with Crippen molar-refractivity contribution < 1.29 is 9.47 Å². The third-order valence-electron chi connectivity index (χ3n) is 2.70. The highest BCUT2D eigenvalue weighted by molar-refractivity contribution is 6.31. The zero-order valence-electron chi connectivity index (χ0n) is 11.3. The van der Waals surface area contributed by atoms with Crippen molar-refractivity contribution in [3.05, 3.63) is 16.9 Å². The number of aromatic nitrogens is 2. The van der Waals surface area contributed by atoms with Crippen LogP contribution in [0.1, 0.15) is 25.1 Å². The fourth-order valence-corrected chi connectivity index (χ4v) is 2.14. The molecule has 1 unspecified atom stereocenters. The summed E-state index contributed by atoms with van der Waals surface area (Å²) in [5, 5.41) is 8.26. The molecule has 6 heteroatoms. The SMILES string of the molecule is CCNC(CCOCCOC)c1c(Cl)cnn1C. The molecule has 0 spiro atoms. The second-order valence-corrected chi connectivity index (χ2v) is 4.41. The second-order valence-electron chi connectivity index (χ2n) is 4.01. The van der Waals surface area contributed by atoms with Gasteiger partial charge in [-0.1, -0.05) is 18.5 Å². The van der Waals surface area contributed by atoms with Crippen molar-refractivity contribution in [1.29, 1.82) is 0 Å². The molecular weight excluding hydrogens is 254 g/mol. The molecular formula is C12H22ClN3O2. The van der Waals surface area contributed by atoms with Crippen LogP contribution < -0.4 is 5.32 Å². The maximum absolute atomic E-state index is 6.15. The Kier molecular flexibility index (Phi) is 7.27. The summed E-state index contributed by atoms with van der Waals surface area (Å²) in [5.41, 5.74) is 1.01. The van der Waals surface area contributed by atoms with E-state index in [4.69, 9.17) is 21.1 Å². The van der Waals surface area contributed by atoms with E-state index < -0.39 is 0 Å². The van der Waals surface area contributed by atoms with Gasteiger partial charge in [0.25, 0.3) is 0 Å². The number of nitrogens with one attached hydrogen (secondary N) is 1. The highest BCUT2D eigenvalue weighted by atomic mass is 35.5. The van der Waals surface area contributed by atoms with Gasteiger partial charge in [-0.25, -0.2) is 0 Å². The molecule has 0 saturated heterocycles. The smallest absolute Gasteiger partial charge is 0.0834 e. The number of methoxy groups -OCH3 is 1. The summed E-state index contributed by atoms with van der Waals surface area (Å²) in [7, 11) is 3.57. The largest absolute Gasteiger partial charge is 0.382 e. The Morgan fingerprint density at radius 1 is 1.44 bits per heavy atom. The molecule has 104 valence electrons. The van der Waals surface area contributed by atoms with Crippen molar-refractivity contribution in [2.24, 2.45) is 7.05 Å². The minimum atomic E-state index is 0.164. The summed E-state index contributed by atoms with van der Waals surface area (Å²) >= 11 is 6.15. The van der Waals surface area contributed by atoms with Crippen molar-refractivity contribution in [2.45, 2.75) is 19.4 Å². The number of aryl methyl sites for hydroxylation is 1. The van der Waals surface area contributed by atoms with Gasteiger partial charge in [0.2, 0.25) is 0 Å². The van der Waals surface area contributed by atoms with Crippen molar-refractivity contribution in [1.82, 2.24) is 15.1 Å². The normalized spacial score (nSPS) is 12.9. The number of hydrogen-bond donors (Lipinski definition) is 1.